The Kier molecular flexibility index (Phi) is 16.5. The second kappa shape index (κ2) is 22.3. The van der Waals surface area contributed by atoms with Crippen LogP contribution in [0.3, 0.4) is 0 Å². The van der Waals surface area contributed by atoms with Crippen molar-refractivity contribution in [1.29, 1.82) is 0 Å². The first-order valence-corrected chi connectivity index (χ1v) is 22.8. The van der Waals surface area contributed by atoms with Gasteiger partial charge in [0, 0.05) is 106 Å². The lowest BCUT2D eigenvalue weighted by Crippen LogP contribution is -2.29. The number of cyclic esters (lactones) is 3. The number of methoxy groups -OCH3 is 6. The molecule has 0 bridgehead atoms. The Morgan fingerprint density at radius 2 is 0.676 bits per heavy atom. The van der Waals surface area contributed by atoms with E-state index in [1.165, 1.54) is 0 Å². The standard InChI is InChI=1S/C53H64O15/c1-52(2,40-20-32(26-57-4)46(33(21-40)27-58-5)66-43-14-17-63-49(43)54)38-10-12-39(13-11-38)53(3,41-22-34(28-59-6)47(35(23-41)29-60-7)67-44-15-18-64-50(44)55)42-24-36(30-61-8)48(37(25-42)31-62-9)68-45-16-19-65-51(45)56/h10-13,20-25,43-45H,14-19,26-31H2,1-9H3. The van der Waals surface area contributed by atoms with E-state index >= 15 is 0 Å². The molecule has 0 aromatic heterocycles. The molecule has 0 aliphatic carbocycles. The van der Waals surface area contributed by atoms with E-state index < -0.39 is 41.1 Å². The zero-order valence-electron chi connectivity index (χ0n) is 40.6. The van der Waals surface area contributed by atoms with E-state index in [1.54, 1.807) is 42.7 Å². The van der Waals surface area contributed by atoms with Crippen LogP contribution in [0.4, 0.5) is 0 Å². The third-order valence-electron chi connectivity index (χ3n) is 13.0. The highest BCUT2D eigenvalue weighted by Gasteiger charge is 2.38. The van der Waals surface area contributed by atoms with Gasteiger partial charge in [0.15, 0.2) is 18.3 Å². The van der Waals surface area contributed by atoms with Crippen molar-refractivity contribution in [2.24, 2.45) is 0 Å². The fraction of sp³-hybridized carbons (Fsp3) is 0.491. The summed E-state index contributed by atoms with van der Waals surface area (Å²) in [5, 5.41) is 0. The van der Waals surface area contributed by atoms with Crippen LogP contribution in [-0.4, -0.2) is 98.7 Å². The molecule has 3 unspecified atom stereocenters. The van der Waals surface area contributed by atoms with Gasteiger partial charge >= 0.3 is 17.9 Å². The maximum absolute atomic E-state index is 12.7. The molecule has 366 valence electrons. The summed E-state index contributed by atoms with van der Waals surface area (Å²) in [5.41, 5.74) is 7.81. The maximum Gasteiger partial charge on any atom is 0.347 e. The molecule has 3 atom stereocenters. The number of hydrogen-bond acceptors (Lipinski definition) is 15. The number of hydrogen-bond donors (Lipinski definition) is 0. The Bertz CT molecular complexity index is 2250. The molecule has 4 aromatic rings. The summed E-state index contributed by atoms with van der Waals surface area (Å²) in [6.07, 6.45) is -0.931. The zero-order valence-corrected chi connectivity index (χ0v) is 40.6. The molecule has 0 spiro atoms. The van der Waals surface area contributed by atoms with Gasteiger partial charge in [0.1, 0.15) is 17.2 Å². The summed E-state index contributed by atoms with van der Waals surface area (Å²) in [6, 6.07) is 21.0. The van der Waals surface area contributed by atoms with Gasteiger partial charge in [-0.15, -0.1) is 0 Å². The Hall–Kier alpha value is -5.55. The van der Waals surface area contributed by atoms with Crippen LogP contribution in [0.2, 0.25) is 0 Å². The second-order valence-corrected chi connectivity index (χ2v) is 18.0. The molecule has 15 heteroatoms. The molecule has 0 amide bonds. The SMILES string of the molecule is COCc1cc(C(C)(C)c2ccc(C(C)(c3cc(COC)c(OC4CCOC4=O)c(COC)c3)c3cc(COC)c(OC4CCOC4=O)c(COC)c3)cc2)cc(COC)c1OC1CCOC1=O. The second-order valence-electron chi connectivity index (χ2n) is 18.0. The third kappa shape index (κ3) is 10.5. The smallest absolute Gasteiger partial charge is 0.347 e. The fourth-order valence-electron chi connectivity index (χ4n) is 9.30. The van der Waals surface area contributed by atoms with Crippen molar-refractivity contribution >= 4 is 17.9 Å². The summed E-state index contributed by atoms with van der Waals surface area (Å²) in [7, 11) is 9.72. The first-order chi connectivity index (χ1) is 32.8. The van der Waals surface area contributed by atoms with Gasteiger partial charge in [-0.3, -0.25) is 0 Å². The molecular formula is C53H64O15. The molecule has 3 aliphatic rings. The highest BCUT2D eigenvalue weighted by Crippen LogP contribution is 2.46. The summed E-state index contributed by atoms with van der Waals surface area (Å²) in [4.78, 5) is 37.9. The highest BCUT2D eigenvalue weighted by atomic mass is 16.6. The molecule has 3 fully saturated rings. The van der Waals surface area contributed by atoms with Gasteiger partial charge in [-0.2, -0.15) is 0 Å². The monoisotopic (exact) mass is 940 g/mol. The molecule has 3 saturated heterocycles. The molecule has 7 rings (SSSR count). The molecule has 3 aliphatic heterocycles. The van der Waals surface area contributed by atoms with Crippen molar-refractivity contribution < 1.29 is 71.2 Å². The van der Waals surface area contributed by atoms with E-state index in [0.717, 1.165) is 61.2 Å². The van der Waals surface area contributed by atoms with E-state index in [9.17, 15) is 14.4 Å². The van der Waals surface area contributed by atoms with Crippen molar-refractivity contribution in [2.75, 3.05) is 62.5 Å². The Morgan fingerprint density at radius 1 is 0.412 bits per heavy atom. The molecule has 0 saturated carbocycles. The molecule has 3 heterocycles. The molecule has 0 radical (unpaired) electrons. The van der Waals surface area contributed by atoms with E-state index in [1.807, 2.05) is 0 Å². The van der Waals surface area contributed by atoms with Crippen LogP contribution in [0.25, 0.3) is 0 Å². The average molecular weight is 941 g/mol. The molecule has 4 aromatic carbocycles. The van der Waals surface area contributed by atoms with Gasteiger partial charge in [-0.1, -0.05) is 38.1 Å². The van der Waals surface area contributed by atoms with E-state index in [0.29, 0.717) is 43.1 Å². The lowest BCUT2D eigenvalue weighted by molar-refractivity contribution is -0.144. The van der Waals surface area contributed by atoms with Gasteiger partial charge in [-0.05, 0) is 71.1 Å². The number of rotatable bonds is 23. The van der Waals surface area contributed by atoms with E-state index in [4.69, 9.17) is 56.8 Å². The average Bonchev–Trinajstić information content (AvgIpc) is 4.06. The van der Waals surface area contributed by atoms with Crippen molar-refractivity contribution in [2.45, 2.75) is 109 Å². The largest absolute Gasteiger partial charge is 0.478 e. The molecule has 68 heavy (non-hydrogen) atoms. The molecule has 0 N–H and O–H groups in total. The van der Waals surface area contributed by atoms with Crippen LogP contribution in [0.5, 0.6) is 17.2 Å². The van der Waals surface area contributed by atoms with Crippen molar-refractivity contribution in [3.8, 4) is 17.2 Å². The minimum Gasteiger partial charge on any atom is -0.478 e. The van der Waals surface area contributed by atoms with E-state index in [2.05, 4.69) is 81.4 Å². The quantitative estimate of drug-likeness (QED) is 0.0413. The minimum atomic E-state index is -0.897. The summed E-state index contributed by atoms with van der Waals surface area (Å²) >= 11 is 0. The van der Waals surface area contributed by atoms with Crippen LogP contribution < -0.4 is 14.2 Å². The van der Waals surface area contributed by atoms with Gasteiger partial charge in [-0.25, -0.2) is 14.4 Å². The van der Waals surface area contributed by atoms with Crippen LogP contribution in [-0.2, 0) is 107 Å². The van der Waals surface area contributed by atoms with Crippen LogP contribution in [0.1, 0.15) is 101 Å². The summed E-state index contributed by atoms with van der Waals surface area (Å²) in [6.45, 7) is 8.61. The number of carbonyl (C=O) groups excluding carboxylic acids is 3. The van der Waals surface area contributed by atoms with Crippen LogP contribution >= 0.6 is 0 Å². The van der Waals surface area contributed by atoms with Crippen molar-refractivity contribution in [3.05, 3.63) is 122 Å². The number of ether oxygens (including phenoxy) is 12. The Balaban J connectivity index is 1.40. The van der Waals surface area contributed by atoms with Crippen molar-refractivity contribution in [1.82, 2.24) is 0 Å². The normalized spacial score (nSPS) is 19.1. The lowest BCUT2D eigenvalue weighted by atomic mass is 9.68. The van der Waals surface area contributed by atoms with E-state index in [-0.39, 0.29) is 58.8 Å². The number of carbonyl (C=O) groups is 3. The van der Waals surface area contributed by atoms with Crippen molar-refractivity contribution in [3.63, 3.8) is 0 Å². The predicted molar refractivity (Wildman–Crippen MR) is 248 cm³/mol. The maximum atomic E-state index is 12.7. The van der Waals surface area contributed by atoms with Gasteiger partial charge in [0.2, 0.25) is 0 Å². The number of benzene rings is 4. The van der Waals surface area contributed by atoms with Gasteiger partial charge in [0.05, 0.1) is 59.5 Å². The highest BCUT2D eigenvalue weighted by molar-refractivity contribution is 5.78. The van der Waals surface area contributed by atoms with Gasteiger partial charge in [0.25, 0.3) is 0 Å². The molecule has 15 nitrogen and oxygen atoms in total. The van der Waals surface area contributed by atoms with Crippen LogP contribution in [0, 0.1) is 0 Å². The Labute approximate surface area is 398 Å². The Morgan fingerprint density at radius 3 is 0.926 bits per heavy atom. The third-order valence-corrected chi connectivity index (χ3v) is 13.0. The zero-order chi connectivity index (χ0) is 48.6. The minimum absolute atomic E-state index is 0.184. The lowest BCUT2D eigenvalue weighted by Gasteiger charge is -2.35. The topological polar surface area (TPSA) is 162 Å². The predicted octanol–water partition coefficient (Wildman–Crippen LogP) is 7.33. The first-order valence-electron chi connectivity index (χ1n) is 22.8. The molecular weight excluding hydrogens is 877 g/mol. The first kappa shape index (κ1) is 50.3. The fourth-order valence-corrected chi connectivity index (χ4v) is 9.30. The summed E-state index contributed by atoms with van der Waals surface area (Å²) < 4.78 is 69.4. The van der Waals surface area contributed by atoms with Crippen LogP contribution in [0.15, 0.2) is 60.7 Å². The number of esters is 3. The summed E-state index contributed by atoms with van der Waals surface area (Å²) in [5.74, 6) is 0.360. The van der Waals surface area contributed by atoms with Gasteiger partial charge < -0.3 is 56.8 Å².